The first-order valence-corrected chi connectivity index (χ1v) is 8.80. The number of nitrogens with zero attached hydrogens (tertiary/aromatic N) is 1. The standard InChI is InChI=1S/C19H18N4O6S/c1-28-15-9-3-12(11-16(15)29-2)4-10-17(24)20-19(30)22-21-18(25)13-5-7-14(8-6-13)23(26)27/h3-11H,1-2H3,(H,21,25)(H2,20,22,24,30). The molecule has 0 fully saturated rings. The summed E-state index contributed by atoms with van der Waals surface area (Å²) in [7, 11) is 3.03. The number of nitro groups is 1. The van der Waals surface area contributed by atoms with Crippen LogP contribution in [0.2, 0.25) is 0 Å². The molecule has 0 saturated carbocycles. The van der Waals surface area contributed by atoms with Gasteiger partial charge in [-0.25, -0.2) is 0 Å². The molecule has 2 aromatic carbocycles. The van der Waals surface area contributed by atoms with Gasteiger partial charge < -0.3 is 9.47 Å². The average molecular weight is 430 g/mol. The third-order valence-corrected chi connectivity index (χ3v) is 3.91. The second-order valence-corrected chi connectivity index (χ2v) is 6.06. The second kappa shape index (κ2) is 10.5. The van der Waals surface area contributed by atoms with Crippen molar-refractivity contribution >= 4 is 40.9 Å². The van der Waals surface area contributed by atoms with Crippen LogP contribution in [0.1, 0.15) is 15.9 Å². The predicted molar refractivity (Wildman–Crippen MR) is 113 cm³/mol. The highest BCUT2D eigenvalue weighted by Gasteiger charge is 2.10. The van der Waals surface area contributed by atoms with E-state index >= 15 is 0 Å². The summed E-state index contributed by atoms with van der Waals surface area (Å²) in [5.41, 5.74) is 5.40. The molecule has 0 heterocycles. The van der Waals surface area contributed by atoms with E-state index < -0.39 is 16.7 Å². The van der Waals surface area contributed by atoms with Crippen LogP contribution in [0.15, 0.2) is 48.5 Å². The average Bonchev–Trinajstić information content (AvgIpc) is 2.75. The summed E-state index contributed by atoms with van der Waals surface area (Å²) in [4.78, 5) is 34.0. The molecule has 156 valence electrons. The third-order valence-electron chi connectivity index (χ3n) is 3.70. The molecule has 2 amide bonds. The minimum Gasteiger partial charge on any atom is -0.493 e. The van der Waals surface area contributed by atoms with Crippen LogP contribution >= 0.6 is 12.2 Å². The minimum atomic E-state index is -0.581. The lowest BCUT2D eigenvalue weighted by Crippen LogP contribution is -2.48. The molecule has 0 aromatic heterocycles. The fraction of sp³-hybridized carbons (Fsp3) is 0.105. The van der Waals surface area contributed by atoms with Crippen LogP contribution in [-0.2, 0) is 4.79 Å². The molecule has 0 saturated heterocycles. The summed E-state index contributed by atoms with van der Waals surface area (Å²) >= 11 is 4.94. The first-order valence-electron chi connectivity index (χ1n) is 8.40. The molecule has 2 aromatic rings. The Labute approximate surface area is 177 Å². The topological polar surface area (TPSA) is 132 Å². The molecule has 11 heteroatoms. The molecule has 0 unspecified atom stereocenters. The lowest BCUT2D eigenvalue weighted by Gasteiger charge is -2.10. The smallest absolute Gasteiger partial charge is 0.269 e. The highest BCUT2D eigenvalue weighted by molar-refractivity contribution is 7.80. The minimum absolute atomic E-state index is 0.132. The first-order chi connectivity index (χ1) is 14.3. The number of methoxy groups -OCH3 is 2. The van der Waals surface area contributed by atoms with Gasteiger partial charge in [-0.05, 0) is 48.1 Å². The zero-order chi connectivity index (χ0) is 22.1. The van der Waals surface area contributed by atoms with E-state index in [9.17, 15) is 19.7 Å². The number of hydrazine groups is 1. The maximum Gasteiger partial charge on any atom is 0.269 e. The molecule has 10 nitrogen and oxygen atoms in total. The van der Waals surface area contributed by atoms with E-state index in [-0.39, 0.29) is 16.4 Å². The zero-order valence-electron chi connectivity index (χ0n) is 16.0. The largest absolute Gasteiger partial charge is 0.493 e. The van der Waals surface area contributed by atoms with Gasteiger partial charge in [0.15, 0.2) is 16.6 Å². The Morgan fingerprint density at radius 1 is 1.03 bits per heavy atom. The molecule has 0 aliphatic rings. The number of carbonyl (C=O) groups excluding carboxylic acids is 2. The Kier molecular flexibility index (Phi) is 7.82. The van der Waals surface area contributed by atoms with Gasteiger partial charge in [0, 0.05) is 23.8 Å². The van der Waals surface area contributed by atoms with E-state index in [1.165, 1.54) is 44.6 Å². The van der Waals surface area contributed by atoms with Crippen molar-refractivity contribution in [1.29, 1.82) is 0 Å². The van der Waals surface area contributed by atoms with Crippen molar-refractivity contribution in [2.24, 2.45) is 0 Å². The number of hydrogen-bond donors (Lipinski definition) is 3. The quantitative estimate of drug-likeness (QED) is 0.274. The van der Waals surface area contributed by atoms with Crippen molar-refractivity contribution in [3.63, 3.8) is 0 Å². The molecule has 0 spiro atoms. The van der Waals surface area contributed by atoms with Gasteiger partial charge in [0.25, 0.3) is 11.6 Å². The van der Waals surface area contributed by atoms with Gasteiger partial charge in [-0.1, -0.05) is 6.07 Å². The number of rotatable bonds is 6. The number of thiocarbonyl (C=S) groups is 1. The number of ether oxygens (including phenoxy) is 2. The molecule has 3 N–H and O–H groups in total. The number of nitro benzene ring substituents is 1. The van der Waals surface area contributed by atoms with Crippen molar-refractivity contribution in [3.05, 3.63) is 69.8 Å². The maximum atomic E-state index is 12.0. The van der Waals surface area contributed by atoms with Crippen molar-refractivity contribution < 1.29 is 24.0 Å². The summed E-state index contributed by atoms with van der Waals surface area (Å²) in [5.74, 6) is -0.0197. The Balaban J connectivity index is 1.85. The molecular weight excluding hydrogens is 412 g/mol. The third kappa shape index (κ3) is 6.27. The number of benzene rings is 2. The Bertz CT molecular complexity index is 991. The van der Waals surface area contributed by atoms with E-state index in [0.29, 0.717) is 17.1 Å². The second-order valence-electron chi connectivity index (χ2n) is 5.65. The van der Waals surface area contributed by atoms with Gasteiger partial charge in [0.05, 0.1) is 19.1 Å². The normalized spacial score (nSPS) is 10.2. The highest BCUT2D eigenvalue weighted by atomic mass is 32.1. The van der Waals surface area contributed by atoms with Crippen molar-refractivity contribution in [1.82, 2.24) is 16.2 Å². The van der Waals surface area contributed by atoms with Crippen molar-refractivity contribution in [2.45, 2.75) is 0 Å². The summed E-state index contributed by atoms with van der Waals surface area (Å²) < 4.78 is 10.3. The van der Waals surface area contributed by atoms with Gasteiger partial charge in [0.2, 0.25) is 5.91 Å². The van der Waals surface area contributed by atoms with E-state index in [4.69, 9.17) is 21.7 Å². The van der Waals surface area contributed by atoms with Gasteiger partial charge in [-0.2, -0.15) is 0 Å². The summed E-state index contributed by atoms with van der Waals surface area (Å²) in [6.45, 7) is 0. The van der Waals surface area contributed by atoms with Crippen molar-refractivity contribution in [2.75, 3.05) is 14.2 Å². The van der Waals surface area contributed by atoms with Crippen LogP contribution < -0.4 is 25.6 Å². The maximum absolute atomic E-state index is 12.0. The SMILES string of the molecule is COc1ccc(C=CC(=O)NC(=S)NNC(=O)c2ccc([N+](=O)[O-])cc2)cc1OC. The Morgan fingerprint density at radius 3 is 2.30 bits per heavy atom. The zero-order valence-corrected chi connectivity index (χ0v) is 16.8. The van der Waals surface area contributed by atoms with Gasteiger partial charge in [0.1, 0.15) is 0 Å². The number of non-ortho nitro benzene ring substituents is 1. The van der Waals surface area contributed by atoms with Crippen LogP contribution in [0.25, 0.3) is 6.08 Å². The monoisotopic (exact) mass is 430 g/mol. The van der Waals surface area contributed by atoms with Crippen molar-refractivity contribution in [3.8, 4) is 11.5 Å². The molecule has 0 atom stereocenters. The lowest BCUT2D eigenvalue weighted by atomic mass is 10.2. The van der Waals surface area contributed by atoms with Crippen LogP contribution in [-0.4, -0.2) is 36.1 Å². The first kappa shape index (κ1) is 22.3. The molecule has 30 heavy (non-hydrogen) atoms. The van der Waals surface area contributed by atoms with Crippen LogP contribution in [0.5, 0.6) is 11.5 Å². The molecule has 0 aliphatic carbocycles. The molecule has 0 aliphatic heterocycles. The highest BCUT2D eigenvalue weighted by Crippen LogP contribution is 2.27. The lowest BCUT2D eigenvalue weighted by molar-refractivity contribution is -0.384. The van der Waals surface area contributed by atoms with Crippen LogP contribution in [0, 0.1) is 10.1 Å². The molecule has 0 radical (unpaired) electrons. The number of nitrogens with one attached hydrogen (secondary N) is 3. The van der Waals surface area contributed by atoms with E-state index in [1.807, 2.05) is 0 Å². The summed E-state index contributed by atoms with van der Waals surface area (Å²) in [6.07, 6.45) is 2.81. The molecular formula is C19H18N4O6S. The Morgan fingerprint density at radius 2 is 1.70 bits per heavy atom. The summed E-state index contributed by atoms with van der Waals surface area (Å²) in [5, 5.41) is 12.9. The van der Waals surface area contributed by atoms with E-state index in [0.717, 1.165) is 0 Å². The Hall–Kier alpha value is -3.99. The number of hydrogen-bond acceptors (Lipinski definition) is 7. The fourth-order valence-electron chi connectivity index (χ4n) is 2.23. The number of amides is 2. The summed E-state index contributed by atoms with van der Waals surface area (Å²) in [6, 6.07) is 10.1. The van der Waals surface area contributed by atoms with Gasteiger partial charge in [-0.3, -0.25) is 35.9 Å². The molecule has 0 bridgehead atoms. The predicted octanol–water partition coefficient (Wildman–Crippen LogP) is 1.96. The van der Waals surface area contributed by atoms with Gasteiger partial charge in [-0.15, -0.1) is 0 Å². The van der Waals surface area contributed by atoms with Gasteiger partial charge >= 0.3 is 0 Å². The van der Waals surface area contributed by atoms with E-state index in [2.05, 4.69) is 16.2 Å². The van der Waals surface area contributed by atoms with Crippen LogP contribution in [0.3, 0.4) is 0 Å². The number of carbonyl (C=O) groups is 2. The fourth-order valence-corrected chi connectivity index (χ4v) is 2.39. The molecule has 2 rings (SSSR count). The van der Waals surface area contributed by atoms with Crippen LogP contribution in [0.4, 0.5) is 5.69 Å². The van der Waals surface area contributed by atoms with E-state index in [1.54, 1.807) is 24.3 Å².